The Morgan fingerprint density at radius 1 is 1.25 bits per heavy atom. The molecule has 0 radical (unpaired) electrons. The van der Waals surface area contributed by atoms with Crippen LogP contribution in [0.4, 0.5) is 0 Å². The van der Waals surface area contributed by atoms with Crippen LogP contribution in [-0.2, 0) is 0 Å². The van der Waals surface area contributed by atoms with Gasteiger partial charge in [-0.15, -0.1) is 0 Å². The molecule has 0 spiro atoms. The Morgan fingerprint density at radius 2 is 2.00 bits per heavy atom. The lowest BCUT2D eigenvalue weighted by Crippen LogP contribution is -2.32. The molecule has 2 saturated heterocycles. The third-order valence-corrected chi connectivity index (χ3v) is 3.00. The lowest BCUT2D eigenvalue weighted by atomic mass is 10.1. The van der Waals surface area contributed by atoms with Crippen molar-refractivity contribution in [2.75, 3.05) is 32.7 Å². The van der Waals surface area contributed by atoms with Crippen LogP contribution in [0, 0.1) is 5.92 Å². The number of hydrogen-bond donors (Lipinski definition) is 2. The number of aliphatic hydroxyl groups excluding tert-OH is 1. The normalized spacial score (nSPS) is 37.8. The SMILES string of the molecule is O[C@H]1CNC[C@@H]1CN1CCCC1. The minimum Gasteiger partial charge on any atom is -0.391 e. The van der Waals surface area contributed by atoms with Crippen LogP contribution in [0.5, 0.6) is 0 Å². The van der Waals surface area contributed by atoms with E-state index in [4.69, 9.17) is 0 Å². The van der Waals surface area contributed by atoms with Gasteiger partial charge in [0.25, 0.3) is 0 Å². The fourth-order valence-corrected chi connectivity index (χ4v) is 2.20. The van der Waals surface area contributed by atoms with Gasteiger partial charge in [-0.05, 0) is 25.9 Å². The van der Waals surface area contributed by atoms with Crippen LogP contribution in [-0.4, -0.2) is 48.8 Å². The Hall–Kier alpha value is -0.120. The summed E-state index contributed by atoms with van der Waals surface area (Å²) >= 11 is 0. The highest BCUT2D eigenvalue weighted by atomic mass is 16.3. The first-order valence-electron chi connectivity index (χ1n) is 4.97. The zero-order chi connectivity index (χ0) is 8.39. The molecule has 2 fully saturated rings. The van der Waals surface area contributed by atoms with Crippen molar-refractivity contribution in [3.63, 3.8) is 0 Å². The zero-order valence-corrected chi connectivity index (χ0v) is 7.50. The molecular formula is C9H18N2O. The van der Waals surface area contributed by atoms with Crippen LogP contribution in [0.25, 0.3) is 0 Å². The highest BCUT2D eigenvalue weighted by molar-refractivity contribution is 4.83. The molecule has 2 atom stereocenters. The first kappa shape index (κ1) is 8.48. The van der Waals surface area contributed by atoms with E-state index in [-0.39, 0.29) is 6.10 Å². The summed E-state index contributed by atoms with van der Waals surface area (Å²) in [7, 11) is 0. The molecule has 2 aliphatic rings. The van der Waals surface area contributed by atoms with Crippen molar-refractivity contribution in [1.29, 1.82) is 0 Å². The molecule has 0 aromatic carbocycles. The number of nitrogens with zero attached hydrogens (tertiary/aromatic N) is 1. The van der Waals surface area contributed by atoms with Crippen LogP contribution in [0.2, 0.25) is 0 Å². The lowest BCUT2D eigenvalue weighted by molar-refractivity contribution is 0.123. The second-order valence-corrected chi connectivity index (χ2v) is 3.99. The maximum absolute atomic E-state index is 9.56. The van der Waals surface area contributed by atoms with Gasteiger partial charge in [0, 0.05) is 25.6 Å². The van der Waals surface area contributed by atoms with Crippen molar-refractivity contribution < 1.29 is 5.11 Å². The topological polar surface area (TPSA) is 35.5 Å². The van der Waals surface area contributed by atoms with E-state index in [1.54, 1.807) is 0 Å². The van der Waals surface area contributed by atoms with Crippen molar-refractivity contribution in [2.24, 2.45) is 5.92 Å². The predicted octanol–water partition coefficient (Wildman–Crippen LogP) is -0.337. The second-order valence-electron chi connectivity index (χ2n) is 3.99. The molecule has 0 unspecified atom stereocenters. The van der Waals surface area contributed by atoms with Crippen LogP contribution in [0.15, 0.2) is 0 Å². The van der Waals surface area contributed by atoms with Crippen molar-refractivity contribution in [1.82, 2.24) is 10.2 Å². The van der Waals surface area contributed by atoms with Crippen LogP contribution in [0.3, 0.4) is 0 Å². The maximum atomic E-state index is 9.56. The summed E-state index contributed by atoms with van der Waals surface area (Å²) in [4.78, 5) is 2.47. The lowest BCUT2D eigenvalue weighted by Gasteiger charge is -2.21. The Balaban J connectivity index is 1.77. The quantitative estimate of drug-likeness (QED) is 0.595. The number of rotatable bonds is 2. The summed E-state index contributed by atoms with van der Waals surface area (Å²) in [6.45, 7) is 5.36. The molecule has 3 heteroatoms. The average molecular weight is 170 g/mol. The Labute approximate surface area is 73.8 Å². The van der Waals surface area contributed by atoms with Gasteiger partial charge in [-0.3, -0.25) is 0 Å². The van der Waals surface area contributed by atoms with Crippen LogP contribution < -0.4 is 5.32 Å². The smallest absolute Gasteiger partial charge is 0.0717 e. The molecule has 0 aliphatic carbocycles. The van der Waals surface area contributed by atoms with Crippen molar-refractivity contribution in [3.8, 4) is 0 Å². The molecule has 0 bridgehead atoms. The monoisotopic (exact) mass is 170 g/mol. The molecule has 2 heterocycles. The molecule has 0 aromatic rings. The van der Waals surface area contributed by atoms with Gasteiger partial charge < -0.3 is 15.3 Å². The molecule has 0 amide bonds. The molecule has 0 aromatic heterocycles. The van der Waals surface area contributed by atoms with Crippen molar-refractivity contribution >= 4 is 0 Å². The summed E-state index contributed by atoms with van der Waals surface area (Å²) in [6, 6.07) is 0. The molecule has 2 N–H and O–H groups in total. The maximum Gasteiger partial charge on any atom is 0.0717 e. The number of likely N-dealkylation sites (tertiary alicyclic amines) is 1. The van der Waals surface area contributed by atoms with E-state index in [2.05, 4.69) is 10.2 Å². The van der Waals surface area contributed by atoms with E-state index < -0.39 is 0 Å². The first-order chi connectivity index (χ1) is 5.86. The largest absolute Gasteiger partial charge is 0.391 e. The number of aliphatic hydroxyl groups is 1. The van der Waals surface area contributed by atoms with Gasteiger partial charge in [0.1, 0.15) is 0 Å². The fourth-order valence-electron chi connectivity index (χ4n) is 2.20. The highest BCUT2D eigenvalue weighted by Gasteiger charge is 2.27. The third kappa shape index (κ3) is 1.79. The molecule has 12 heavy (non-hydrogen) atoms. The Morgan fingerprint density at radius 3 is 2.58 bits per heavy atom. The van der Waals surface area contributed by atoms with E-state index in [1.807, 2.05) is 0 Å². The van der Waals surface area contributed by atoms with Gasteiger partial charge >= 0.3 is 0 Å². The van der Waals surface area contributed by atoms with Crippen LogP contribution >= 0.6 is 0 Å². The molecular weight excluding hydrogens is 152 g/mol. The minimum absolute atomic E-state index is 0.106. The van der Waals surface area contributed by atoms with E-state index >= 15 is 0 Å². The third-order valence-electron chi connectivity index (χ3n) is 3.00. The number of β-amino-alcohol motifs (C(OH)–C–C–N with tert-alkyl or cyclic N) is 1. The average Bonchev–Trinajstić information content (AvgIpc) is 2.65. The van der Waals surface area contributed by atoms with Gasteiger partial charge in [-0.2, -0.15) is 0 Å². The molecule has 2 rings (SSSR count). The molecule has 2 aliphatic heterocycles. The van der Waals surface area contributed by atoms with E-state index in [1.165, 1.54) is 25.9 Å². The van der Waals surface area contributed by atoms with E-state index in [0.717, 1.165) is 19.6 Å². The summed E-state index contributed by atoms with van der Waals surface area (Å²) in [5.74, 6) is 0.475. The molecule has 0 saturated carbocycles. The van der Waals surface area contributed by atoms with Crippen molar-refractivity contribution in [2.45, 2.75) is 18.9 Å². The van der Waals surface area contributed by atoms with E-state index in [9.17, 15) is 5.11 Å². The summed E-state index contributed by atoms with van der Waals surface area (Å²) < 4.78 is 0. The van der Waals surface area contributed by atoms with E-state index in [0.29, 0.717) is 5.92 Å². The zero-order valence-electron chi connectivity index (χ0n) is 7.50. The van der Waals surface area contributed by atoms with Crippen LogP contribution in [0.1, 0.15) is 12.8 Å². The van der Waals surface area contributed by atoms with Gasteiger partial charge in [-0.25, -0.2) is 0 Å². The first-order valence-corrected chi connectivity index (χ1v) is 4.97. The summed E-state index contributed by atoms with van der Waals surface area (Å²) in [5, 5.41) is 12.8. The van der Waals surface area contributed by atoms with Gasteiger partial charge in [0.15, 0.2) is 0 Å². The second kappa shape index (κ2) is 3.73. The molecule has 70 valence electrons. The Bertz CT molecular complexity index is 145. The Kier molecular flexibility index (Phi) is 2.63. The number of nitrogens with one attached hydrogen (secondary N) is 1. The highest BCUT2D eigenvalue weighted by Crippen LogP contribution is 2.14. The van der Waals surface area contributed by atoms with Crippen molar-refractivity contribution in [3.05, 3.63) is 0 Å². The summed E-state index contributed by atoms with van der Waals surface area (Å²) in [6.07, 6.45) is 2.58. The number of hydrogen-bond acceptors (Lipinski definition) is 3. The standard InChI is InChI=1S/C9H18N2O/c12-9-6-10-5-8(9)7-11-3-1-2-4-11/h8-10,12H,1-7H2/t8-,9+/m1/s1. The predicted molar refractivity (Wildman–Crippen MR) is 48.0 cm³/mol. The fraction of sp³-hybridized carbons (Fsp3) is 1.00. The van der Waals surface area contributed by atoms with Gasteiger partial charge in [-0.1, -0.05) is 0 Å². The minimum atomic E-state index is -0.106. The summed E-state index contributed by atoms with van der Waals surface area (Å²) in [5.41, 5.74) is 0. The molecule has 3 nitrogen and oxygen atoms in total. The van der Waals surface area contributed by atoms with Gasteiger partial charge in [0.05, 0.1) is 6.10 Å². The van der Waals surface area contributed by atoms with Gasteiger partial charge in [0.2, 0.25) is 0 Å².